The van der Waals surface area contributed by atoms with Crippen LogP contribution < -0.4 is 5.32 Å². The van der Waals surface area contributed by atoms with E-state index in [1.54, 1.807) is 24.3 Å². The molecule has 2 aromatic rings. The molecule has 0 bridgehead atoms. The number of amides is 3. The van der Waals surface area contributed by atoms with Gasteiger partial charge in [0, 0.05) is 42.0 Å². The van der Waals surface area contributed by atoms with Crippen LogP contribution in [0.4, 0.5) is 5.69 Å². The van der Waals surface area contributed by atoms with Crippen molar-refractivity contribution in [1.82, 2.24) is 9.80 Å². The Bertz CT molecular complexity index is 911. The van der Waals surface area contributed by atoms with E-state index in [0.29, 0.717) is 54.0 Å². The molecule has 0 saturated heterocycles. The molecular weight excluding hydrogens is 366 g/mol. The molecule has 0 aromatic heterocycles. The molecule has 2 aromatic carbocycles. The standard InChI is InChI=1S/C20H22ClN3O3/c1-23(2)9-10-24-19(26)15-6-3-5-13-11-14(22-17(25)7-4-8-21)12-16(18(13)15)20(24)27/h3,5-6,11-12H,4,7-10H2,1-2H3,(H,22,25). The Morgan fingerprint density at radius 3 is 2.59 bits per heavy atom. The number of halogens is 1. The van der Waals surface area contributed by atoms with Crippen LogP contribution in [0.2, 0.25) is 0 Å². The first-order valence-electron chi connectivity index (χ1n) is 8.86. The number of hydrogen-bond donors (Lipinski definition) is 1. The molecule has 3 amide bonds. The van der Waals surface area contributed by atoms with E-state index in [1.165, 1.54) is 4.90 Å². The van der Waals surface area contributed by atoms with Crippen LogP contribution in [-0.2, 0) is 4.79 Å². The quantitative estimate of drug-likeness (QED) is 0.585. The Hall–Kier alpha value is -2.44. The second-order valence-corrected chi connectivity index (χ2v) is 7.21. The highest BCUT2D eigenvalue weighted by molar-refractivity contribution is 6.26. The molecule has 1 N–H and O–H groups in total. The SMILES string of the molecule is CN(C)CCN1C(=O)c2cccc3cc(NC(=O)CCCCl)cc(c23)C1=O. The minimum atomic E-state index is -0.331. The predicted octanol–water partition coefficient (Wildman–Crippen LogP) is 2.95. The number of alkyl halides is 1. The topological polar surface area (TPSA) is 69.7 Å². The zero-order valence-electron chi connectivity index (χ0n) is 15.4. The van der Waals surface area contributed by atoms with Gasteiger partial charge in [-0.2, -0.15) is 0 Å². The number of carbonyl (C=O) groups excluding carboxylic acids is 3. The molecule has 6 nitrogen and oxygen atoms in total. The van der Waals surface area contributed by atoms with Gasteiger partial charge in [0.2, 0.25) is 5.91 Å². The molecule has 7 heteroatoms. The monoisotopic (exact) mass is 387 g/mol. The summed E-state index contributed by atoms with van der Waals surface area (Å²) in [5.41, 5.74) is 1.50. The average Bonchev–Trinajstić information content (AvgIpc) is 2.63. The molecule has 142 valence electrons. The number of hydrogen-bond acceptors (Lipinski definition) is 4. The van der Waals surface area contributed by atoms with Crippen molar-refractivity contribution in [2.75, 3.05) is 38.4 Å². The summed E-state index contributed by atoms with van der Waals surface area (Å²) < 4.78 is 0. The van der Waals surface area contributed by atoms with Gasteiger partial charge in [-0.3, -0.25) is 19.3 Å². The Morgan fingerprint density at radius 2 is 1.89 bits per heavy atom. The van der Waals surface area contributed by atoms with Crippen LogP contribution >= 0.6 is 11.6 Å². The van der Waals surface area contributed by atoms with Crippen LogP contribution in [0.15, 0.2) is 30.3 Å². The van der Waals surface area contributed by atoms with Crippen molar-refractivity contribution >= 4 is 45.8 Å². The highest BCUT2D eigenvalue weighted by Crippen LogP contribution is 2.32. The van der Waals surface area contributed by atoms with Gasteiger partial charge in [0.25, 0.3) is 11.8 Å². The van der Waals surface area contributed by atoms with E-state index in [1.807, 2.05) is 25.1 Å². The van der Waals surface area contributed by atoms with Gasteiger partial charge in [0.15, 0.2) is 0 Å². The first-order chi connectivity index (χ1) is 12.9. The van der Waals surface area contributed by atoms with Gasteiger partial charge in [0.1, 0.15) is 0 Å². The molecule has 0 aliphatic carbocycles. The van der Waals surface area contributed by atoms with Crippen molar-refractivity contribution < 1.29 is 14.4 Å². The summed E-state index contributed by atoms with van der Waals surface area (Å²) in [6.07, 6.45) is 0.905. The highest BCUT2D eigenvalue weighted by atomic mass is 35.5. The Morgan fingerprint density at radius 1 is 1.15 bits per heavy atom. The number of imide groups is 1. The predicted molar refractivity (Wildman–Crippen MR) is 106 cm³/mol. The third-order valence-electron chi connectivity index (χ3n) is 4.52. The molecule has 1 aliphatic heterocycles. The zero-order chi connectivity index (χ0) is 19.6. The van der Waals surface area contributed by atoms with Gasteiger partial charge in [-0.15, -0.1) is 11.6 Å². The zero-order valence-corrected chi connectivity index (χ0v) is 16.2. The van der Waals surface area contributed by atoms with Gasteiger partial charge < -0.3 is 10.2 Å². The lowest BCUT2D eigenvalue weighted by atomic mass is 9.93. The largest absolute Gasteiger partial charge is 0.326 e. The third kappa shape index (κ3) is 3.96. The maximum atomic E-state index is 13.0. The summed E-state index contributed by atoms with van der Waals surface area (Å²) in [7, 11) is 3.78. The normalized spacial score (nSPS) is 13.6. The summed E-state index contributed by atoms with van der Waals surface area (Å²) in [6.45, 7) is 0.893. The lowest BCUT2D eigenvalue weighted by Gasteiger charge is -2.28. The number of nitrogens with zero attached hydrogens (tertiary/aromatic N) is 2. The molecule has 0 unspecified atom stereocenters. The van der Waals surface area contributed by atoms with Crippen LogP contribution in [0.1, 0.15) is 33.6 Å². The van der Waals surface area contributed by atoms with Crippen molar-refractivity contribution in [2.24, 2.45) is 0 Å². The molecule has 0 spiro atoms. The lowest BCUT2D eigenvalue weighted by molar-refractivity contribution is -0.116. The molecule has 3 rings (SSSR count). The summed E-state index contributed by atoms with van der Waals surface area (Å²) in [5, 5.41) is 4.22. The molecule has 1 heterocycles. The van der Waals surface area contributed by atoms with Crippen molar-refractivity contribution in [3.63, 3.8) is 0 Å². The number of likely N-dealkylation sites (N-methyl/N-ethyl adjacent to an activating group) is 1. The van der Waals surface area contributed by atoms with Gasteiger partial charge in [-0.05, 0) is 44.1 Å². The first kappa shape index (κ1) is 19.3. The molecule has 0 fully saturated rings. The molecule has 1 aliphatic rings. The molecule has 27 heavy (non-hydrogen) atoms. The van der Waals surface area contributed by atoms with E-state index < -0.39 is 0 Å². The number of benzene rings is 2. The van der Waals surface area contributed by atoms with E-state index in [2.05, 4.69) is 5.32 Å². The van der Waals surface area contributed by atoms with Crippen molar-refractivity contribution in [3.8, 4) is 0 Å². The van der Waals surface area contributed by atoms with Crippen LogP contribution in [0.5, 0.6) is 0 Å². The van der Waals surface area contributed by atoms with Crippen molar-refractivity contribution in [3.05, 3.63) is 41.5 Å². The second kappa shape index (κ2) is 8.06. The number of carbonyl (C=O) groups is 3. The Labute approximate surface area is 163 Å². The molecule has 0 saturated carbocycles. The van der Waals surface area contributed by atoms with Crippen molar-refractivity contribution in [1.29, 1.82) is 0 Å². The maximum Gasteiger partial charge on any atom is 0.261 e. The highest BCUT2D eigenvalue weighted by Gasteiger charge is 2.33. The molecule has 0 atom stereocenters. The lowest BCUT2D eigenvalue weighted by Crippen LogP contribution is -2.43. The van der Waals surface area contributed by atoms with Gasteiger partial charge in [0.05, 0.1) is 5.56 Å². The minimum Gasteiger partial charge on any atom is -0.326 e. The van der Waals surface area contributed by atoms with E-state index in [4.69, 9.17) is 11.6 Å². The second-order valence-electron chi connectivity index (χ2n) is 6.83. The third-order valence-corrected chi connectivity index (χ3v) is 4.79. The average molecular weight is 388 g/mol. The fourth-order valence-corrected chi connectivity index (χ4v) is 3.32. The van der Waals surface area contributed by atoms with Crippen molar-refractivity contribution in [2.45, 2.75) is 12.8 Å². The fourth-order valence-electron chi connectivity index (χ4n) is 3.18. The van der Waals surface area contributed by atoms with Crippen LogP contribution in [0.3, 0.4) is 0 Å². The first-order valence-corrected chi connectivity index (χ1v) is 9.39. The van der Waals surface area contributed by atoms with E-state index >= 15 is 0 Å². The minimum absolute atomic E-state index is 0.151. The molecular formula is C20H22ClN3O3. The number of nitrogens with one attached hydrogen (secondary N) is 1. The van der Waals surface area contributed by atoms with Gasteiger partial charge >= 0.3 is 0 Å². The summed E-state index contributed by atoms with van der Waals surface area (Å²) >= 11 is 5.63. The smallest absolute Gasteiger partial charge is 0.261 e. The van der Waals surface area contributed by atoms with Gasteiger partial charge in [-0.1, -0.05) is 12.1 Å². The Kier molecular flexibility index (Phi) is 5.77. The van der Waals surface area contributed by atoms with E-state index in [0.717, 1.165) is 5.39 Å². The number of rotatable bonds is 7. The summed E-state index contributed by atoms with van der Waals surface area (Å²) in [5.74, 6) is -0.343. The number of anilines is 1. The fraction of sp³-hybridized carbons (Fsp3) is 0.350. The van der Waals surface area contributed by atoms with Gasteiger partial charge in [-0.25, -0.2) is 0 Å². The van der Waals surface area contributed by atoms with Crippen LogP contribution in [0, 0.1) is 0 Å². The molecule has 0 radical (unpaired) electrons. The Balaban J connectivity index is 2.00. The maximum absolute atomic E-state index is 13.0. The van der Waals surface area contributed by atoms with Crippen LogP contribution in [0.25, 0.3) is 10.8 Å². The summed E-state index contributed by atoms with van der Waals surface area (Å²) in [4.78, 5) is 41.0. The van der Waals surface area contributed by atoms with E-state index in [9.17, 15) is 14.4 Å². The summed E-state index contributed by atoms with van der Waals surface area (Å²) in [6, 6.07) is 8.81. The van der Waals surface area contributed by atoms with Crippen LogP contribution in [-0.4, -0.2) is 60.6 Å². The van der Waals surface area contributed by atoms with E-state index in [-0.39, 0.29) is 17.7 Å².